The molecule has 1 saturated heterocycles. The Kier molecular flexibility index (Phi) is 7.20. The molecule has 0 atom stereocenters. The van der Waals surface area contributed by atoms with Gasteiger partial charge < -0.3 is 14.5 Å². The number of fused-ring (bicyclic) bond motifs is 1. The number of nitrogens with zero attached hydrogens (tertiary/aromatic N) is 4. The Morgan fingerprint density at radius 3 is 2.31 bits per heavy atom. The third kappa shape index (κ3) is 6.00. The number of imidazole rings is 1. The summed E-state index contributed by atoms with van der Waals surface area (Å²) in [5.41, 5.74) is 5.05. The number of halogens is 4. The maximum absolute atomic E-state index is 15.1. The summed E-state index contributed by atoms with van der Waals surface area (Å²) >= 11 is 0. The number of anilines is 2. The number of alkyl halides is 3. The fraction of sp³-hybridized carbons (Fsp3) is 0.310. The zero-order chi connectivity index (χ0) is 27.7. The van der Waals surface area contributed by atoms with Crippen molar-refractivity contribution in [2.45, 2.75) is 33.1 Å². The first-order valence-electron chi connectivity index (χ1n) is 12.7. The average molecular weight is 541 g/mol. The van der Waals surface area contributed by atoms with Crippen molar-refractivity contribution in [3.05, 3.63) is 89.1 Å². The maximum atomic E-state index is 15.1. The molecule has 4 aromatic rings. The summed E-state index contributed by atoms with van der Waals surface area (Å²) in [5.74, 6) is -0.650. The third-order valence-electron chi connectivity index (χ3n) is 6.93. The van der Waals surface area contributed by atoms with Crippen LogP contribution in [0.2, 0.25) is 0 Å². The third-order valence-corrected chi connectivity index (χ3v) is 6.93. The number of ketones is 1. The Balaban J connectivity index is 1.18. The van der Waals surface area contributed by atoms with Crippen LogP contribution < -0.4 is 14.5 Å². The molecule has 0 radical (unpaired) electrons. The van der Waals surface area contributed by atoms with Gasteiger partial charge in [-0.3, -0.25) is 9.20 Å². The SMILES string of the molecule is Cc1ccn2c(C(=O)CCc3ccc(N4CCN(c5ccc(OC(F)(F)F)cc5)CC4)c(F)c3)c(C)nc2c1. The fourth-order valence-corrected chi connectivity index (χ4v) is 5.00. The second kappa shape index (κ2) is 10.6. The quantitative estimate of drug-likeness (QED) is 0.209. The van der Waals surface area contributed by atoms with Crippen LogP contribution in [0.5, 0.6) is 5.75 Å². The van der Waals surface area contributed by atoms with Crippen LogP contribution in [0.25, 0.3) is 5.65 Å². The standard InChI is InChI=1S/C29H28F4N4O2/c1-19-11-12-37-27(17-19)34-20(2)28(37)26(38)10-4-21-3-9-25(24(30)18-21)36-15-13-35(14-16-36)22-5-7-23(8-6-22)39-29(31,32)33/h3,5-9,11-12,17-18H,4,10,13-16H2,1-2H3. The highest BCUT2D eigenvalue weighted by atomic mass is 19.4. The molecule has 10 heteroatoms. The Hall–Kier alpha value is -4.08. The summed E-state index contributed by atoms with van der Waals surface area (Å²) in [5, 5.41) is 0. The Bertz CT molecular complexity index is 1490. The molecule has 0 amide bonds. The van der Waals surface area contributed by atoms with Crippen LogP contribution in [-0.4, -0.2) is 47.7 Å². The maximum Gasteiger partial charge on any atom is 0.573 e. The molecule has 2 aromatic carbocycles. The van der Waals surface area contributed by atoms with Crippen LogP contribution in [-0.2, 0) is 6.42 Å². The number of rotatable bonds is 7. The van der Waals surface area contributed by atoms with Gasteiger partial charge in [0.05, 0.1) is 11.4 Å². The predicted octanol–water partition coefficient (Wildman–Crippen LogP) is 6.13. The summed E-state index contributed by atoms with van der Waals surface area (Å²) in [4.78, 5) is 21.5. The average Bonchev–Trinajstić information content (AvgIpc) is 3.22. The summed E-state index contributed by atoms with van der Waals surface area (Å²) in [6.45, 7) is 6.09. The second-order valence-electron chi connectivity index (χ2n) is 9.70. The number of carbonyl (C=O) groups is 1. The number of pyridine rings is 1. The Morgan fingerprint density at radius 2 is 1.64 bits per heavy atom. The van der Waals surface area contributed by atoms with Crippen molar-refractivity contribution in [3.8, 4) is 5.75 Å². The van der Waals surface area contributed by atoms with Gasteiger partial charge in [0.15, 0.2) is 5.78 Å². The number of carbonyl (C=O) groups excluding carboxylic acids is 1. The minimum Gasteiger partial charge on any atom is -0.406 e. The predicted molar refractivity (Wildman–Crippen MR) is 141 cm³/mol. The lowest BCUT2D eigenvalue weighted by molar-refractivity contribution is -0.274. The molecule has 3 heterocycles. The van der Waals surface area contributed by atoms with Gasteiger partial charge in [0.2, 0.25) is 0 Å². The van der Waals surface area contributed by atoms with E-state index in [1.807, 2.05) is 48.0 Å². The molecule has 1 aliphatic rings. The van der Waals surface area contributed by atoms with Crippen molar-refractivity contribution in [2.24, 2.45) is 0 Å². The fourth-order valence-electron chi connectivity index (χ4n) is 5.00. The van der Waals surface area contributed by atoms with E-state index in [0.29, 0.717) is 49.7 Å². The van der Waals surface area contributed by atoms with Crippen LogP contribution in [0, 0.1) is 19.7 Å². The number of hydrogen-bond donors (Lipinski definition) is 0. The monoisotopic (exact) mass is 540 g/mol. The van der Waals surface area contributed by atoms with Crippen molar-refractivity contribution in [1.82, 2.24) is 9.38 Å². The van der Waals surface area contributed by atoms with E-state index in [-0.39, 0.29) is 23.8 Å². The van der Waals surface area contributed by atoms with Gasteiger partial charge in [0.25, 0.3) is 0 Å². The molecule has 0 spiro atoms. The van der Waals surface area contributed by atoms with E-state index in [9.17, 15) is 18.0 Å². The van der Waals surface area contributed by atoms with Crippen LogP contribution >= 0.6 is 0 Å². The number of aromatic nitrogens is 2. The Labute approximate surface area is 223 Å². The van der Waals surface area contributed by atoms with Crippen LogP contribution in [0.4, 0.5) is 28.9 Å². The highest BCUT2D eigenvalue weighted by Crippen LogP contribution is 2.28. The van der Waals surface area contributed by atoms with Crippen molar-refractivity contribution in [2.75, 3.05) is 36.0 Å². The van der Waals surface area contributed by atoms with E-state index >= 15 is 4.39 Å². The Morgan fingerprint density at radius 1 is 0.949 bits per heavy atom. The van der Waals surface area contributed by atoms with Crippen LogP contribution in [0.15, 0.2) is 60.8 Å². The lowest BCUT2D eigenvalue weighted by Gasteiger charge is -2.37. The van der Waals surface area contributed by atoms with Crippen molar-refractivity contribution in [1.29, 1.82) is 0 Å². The van der Waals surface area contributed by atoms with Gasteiger partial charge >= 0.3 is 6.36 Å². The number of piperazine rings is 1. The van der Waals surface area contributed by atoms with Gasteiger partial charge in [-0.1, -0.05) is 6.07 Å². The smallest absolute Gasteiger partial charge is 0.406 e. The summed E-state index contributed by atoms with van der Waals surface area (Å²) < 4.78 is 58.0. The molecule has 0 saturated carbocycles. The lowest BCUT2D eigenvalue weighted by Crippen LogP contribution is -2.46. The highest BCUT2D eigenvalue weighted by molar-refractivity contribution is 5.96. The summed E-state index contributed by atoms with van der Waals surface area (Å²) in [7, 11) is 0. The topological polar surface area (TPSA) is 50.1 Å². The molecule has 0 N–H and O–H groups in total. The van der Waals surface area contributed by atoms with Gasteiger partial charge in [-0.05, 0) is 79.9 Å². The number of ether oxygens (including phenoxy) is 1. The molecule has 39 heavy (non-hydrogen) atoms. The molecular weight excluding hydrogens is 512 g/mol. The normalized spacial score (nSPS) is 14.2. The molecule has 0 unspecified atom stereocenters. The van der Waals surface area contributed by atoms with Gasteiger partial charge in [-0.2, -0.15) is 0 Å². The van der Waals surface area contributed by atoms with Gasteiger partial charge in [0.1, 0.15) is 22.9 Å². The minimum atomic E-state index is -4.73. The molecule has 1 aliphatic heterocycles. The number of Topliss-reactive ketones (excluding diaryl/α,β-unsaturated/α-hetero) is 1. The zero-order valence-corrected chi connectivity index (χ0v) is 21.6. The highest BCUT2D eigenvalue weighted by Gasteiger charge is 2.31. The van der Waals surface area contributed by atoms with Crippen molar-refractivity contribution in [3.63, 3.8) is 0 Å². The van der Waals surface area contributed by atoms with E-state index in [2.05, 4.69) is 9.72 Å². The van der Waals surface area contributed by atoms with Gasteiger partial charge in [-0.25, -0.2) is 9.37 Å². The van der Waals surface area contributed by atoms with E-state index in [0.717, 1.165) is 22.5 Å². The number of benzene rings is 2. The minimum absolute atomic E-state index is 0.0394. The summed E-state index contributed by atoms with van der Waals surface area (Å²) in [6.07, 6.45) is -2.22. The second-order valence-corrected chi connectivity index (χ2v) is 9.70. The molecule has 0 bridgehead atoms. The number of hydrogen-bond acceptors (Lipinski definition) is 5. The van der Waals surface area contributed by atoms with E-state index in [1.165, 1.54) is 18.2 Å². The molecule has 5 rings (SSSR count). The first-order valence-corrected chi connectivity index (χ1v) is 12.7. The number of aryl methyl sites for hydroxylation is 3. The summed E-state index contributed by atoms with van der Waals surface area (Å²) in [6, 6.07) is 14.7. The van der Waals surface area contributed by atoms with Crippen molar-refractivity contribution < 1.29 is 27.1 Å². The molecule has 0 aliphatic carbocycles. The lowest BCUT2D eigenvalue weighted by atomic mass is 10.0. The molecule has 6 nitrogen and oxygen atoms in total. The van der Waals surface area contributed by atoms with Crippen LogP contribution in [0.3, 0.4) is 0 Å². The molecule has 2 aromatic heterocycles. The molecular formula is C29H28F4N4O2. The van der Waals surface area contributed by atoms with E-state index in [1.54, 1.807) is 22.6 Å². The molecule has 204 valence electrons. The van der Waals surface area contributed by atoms with Gasteiger partial charge in [-0.15, -0.1) is 13.2 Å². The van der Waals surface area contributed by atoms with Crippen molar-refractivity contribution >= 4 is 22.8 Å². The van der Waals surface area contributed by atoms with E-state index in [4.69, 9.17) is 0 Å². The first kappa shape index (κ1) is 26.5. The van der Waals surface area contributed by atoms with Gasteiger partial charge in [0, 0.05) is 44.5 Å². The van der Waals surface area contributed by atoms with Crippen LogP contribution in [0.1, 0.15) is 33.7 Å². The first-order chi connectivity index (χ1) is 18.6. The zero-order valence-electron chi connectivity index (χ0n) is 21.6. The van der Waals surface area contributed by atoms with E-state index < -0.39 is 6.36 Å². The largest absolute Gasteiger partial charge is 0.573 e. The molecule has 1 fully saturated rings.